The van der Waals surface area contributed by atoms with Gasteiger partial charge in [0.05, 0.1) is 41.3 Å². The number of fused-ring (bicyclic) bond motifs is 3. The van der Waals surface area contributed by atoms with Gasteiger partial charge in [-0.15, -0.1) is 0 Å². The largest absolute Gasteiger partial charge is 0.457 e. The molecule has 2 saturated carbocycles. The lowest BCUT2D eigenvalue weighted by Gasteiger charge is -2.67. The standard InChI is InChI=1S/C46H63NO15/c1-13-32-58-30-20-31-46(22-55-31,61-26(6)49)36-38(60-39(51)27-17-15-14-16-18-27)45(43(10,11)54)21-29(24(4)33(45)35(56-25(5)48)37(59-32)44(30,36)12)57-40(52)34(50)28(19-23(2)3)47-41(53)62-42(7,8)9/h13-18,23,28-32,34-38,50,54H,1,19-22H2,2-12H3,(H,47,53)/t28-,29-,30?,31+,32-,34+,35-,36-,37?,38-,44+,45-,46-/m0/s1/i7D3,8D3,9D3. The number of amides is 1. The number of hydrogen-bond donors (Lipinski definition) is 3. The Labute approximate surface area is 375 Å². The van der Waals surface area contributed by atoms with Gasteiger partial charge in [0.15, 0.2) is 24.1 Å². The Hall–Kier alpha value is -4.35. The smallest absolute Gasteiger partial charge is 0.407 e. The van der Waals surface area contributed by atoms with Crippen LogP contribution in [0.5, 0.6) is 0 Å². The third kappa shape index (κ3) is 8.28. The van der Waals surface area contributed by atoms with Gasteiger partial charge >= 0.3 is 30.0 Å². The van der Waals surface area contributed by atoms with E-state index < -0.39 is 151 Å². The Morgan fingerprint density at radius 2 is 1.71 bits per heavy atom. The molecule has 2 heterocycles. The first-order chi connectivity index (χ1) is 32.5. The fraction of sp³-hybridized carbons (Fsp3) is 0.674. The highest BCUT2D eigenvalue weighted by Gasteiger charge is 2.81. The molecule has 0 radical (unpaired) electrons. The quantitative estimate of drug-likeness (QED) is 0.145. The van der Waals surface area contributed by atoms with Crippen LogP contribution in [0.15, 0.2) is 54.1 Å². The van der Waals surface area contributed by atoms with E-state index in [4.69, 9.17) is 50.2 Å². The molecule has 2 aliphatic heterocycles. The summed E-state index contributed by atoms with van der Waals surface area (Å²) in [5.41, 5.74) is -10.8. The highest BCUT2D eigenvalue weighted by molar-refractivity contribution is 5.89. The third-order valence-corrected chi connectivity index (χ3v) is 13.1. The number of ether oxygens (including phenoxy) is 8. The molecule has 1 aromatic rings. The number of benzene rings is 1. The lowest BCUT2D eigenvalue weighted by molar-refractivity contribution is -0.392. The molecule has 2 saturated heterocycles. The van der Waals surface area contributed by atoms with Crippen LogP contribution in [0.1, 0.15) is 118 Å². The van der Waals surface area contributed by atoms with Gasteiger partial charge in [-0.05, 0) is 83.0 Å². The zero-order valence-electron chi connectivity index (χ0n) is 45.1. The van der Waals surface area contributed by atoms with Crippen LogP contribution in [0.25, 0.3) is 0 Å². The molecule has 6 rings (SSSR count). The summed E-state index contributed by atoms with van der Waals surface area (Å²) in [6.07, 6.45) is -12.2. The summed E-state index contributed by atoms with van der Waals surface area (Å²) < 4.78 is 120. The number of aliphatic hydroxyl groups is 2. The van der Waals surface area contributed by atoms with Gasteiger partial charge in [0.25, 0.3) is 0 Å². The summed E-state index contributed by atoms with van der Waals surface area (Å²) in [4.78, 5) is 69.3. The predicted octanol–water partition coefficient (Wildman–Crippen LogP) is 4.87. The van der Waals surface area contributed by atoms with E-state index in [1.54, 1.807) is 39.0 Å². The van der Waals surface area contributed by atoms with Gasteiger partial charge in [0, 0.05) is 44.4 Å². The second-order valence-electron chi connectivity index (χ2n) is 18.1. The van der Waals surface area contributed by atoms with Gasteiger partial charge in [0.2, 0.25) is 0 Å². The van der Waals surface area contributed by atoms with Crippen LogP contribution in [0.3, 0.4) is 0 Å². The van der Waals surface area contributed by atoms with Crippen molar-refractivity contribution in [3.8, 4) is 0 Å². The third-order valence-electron chi connectivity index (χ3n) is 13.1. The van der Waals surface area contributed by atoms with Crippen molar-refractivity contribution < 1.29 is 84.4 Å². The van der Waals surface area contributed by atoms with E-state index in [2.05, 4.69) is 11.9 Å². The number of nitrogens with one attached hydrogen (secondary N) is 1. The molecule has 342 valence electrons. The monoisotopic (exact) mass is 878 g/mol. The van der Waals surface area contributed by atoms with Crippen LogP contribution in [-0.4, -0.2) is 119 Å². The molecule has 0 aromatic heterocycles. The molecule has 0 bridgehead atoms. The van der Waals surface area contributed by atoms with Crippen LogP contribution in [0, 0.1) is 22.7 Å². The molecule has 4 fully saturated rings. The number of rotatable bonds is 12. The van der Waals surface area contributed by atoms with E-state index in [0.29, 0.717) is 0 Å². The average Bonchev–Trinajstić information content (AvgIpc) is 3.49. The predicted molar refractivity (Wildman–Crippen MR) is 220 cm³/mol. The average molecular weight is 879 g/mol. The number of hydrogen-bond acceptors (Lipinski definition) is 15. The maximum Gasteiger partial charge on any atom is 0.407 e. The Morgan fingerprint density at radius 3 is 2.26 bits per heavy atom. The molecular weight excluding hydrogens is 806 g/mol. The van der Waals surface area contributed by atoms with Crippen molar-refractivity contribution in [1.29, 1.82) is 0 Å². The minimum Gasteiger partial charge on any atom is -0.457 e. The number of carbonyl (C=O) groups is 5. The maximum atomic E-state index is 14.7. The first-order valence-corrected chi connectivity index (χ1v) is 20.5. The number of aliphatic hydroxyl groups excluding tert-OH is 1. The van der Waals surface area contributed by atoms with Crippen LogP contribution < -0.4 is 5.32 Å². The van der Waals surface area contributed by atoms with Gasteiger partial charge in [0.1, 0.15) is 30.0 Å². The second kappa shape index (κ2) is 17.0. The van der Waals surface area contributed by atoms with Gasteiger partial charge in [-0.25, -0.2) is 14.4 Å². The summed E-state index contributed by atoms with van der Waals surface area (Å²) in [6.45, 7) is 3.51. The number of alkyl carbamates (subject to hydrolysis) is 1. The molecule has 16 nitrogen and oxygen atoms in total. The highest BCUT2D eigenvalue weighted by atomic mass is 16.7. The molecule has 3 N–H and O–H groups in total. The summed E-state index contributed by atoms with van der Waals surface area (Å²) in [7, 11) is 0. The molecule has 13 atom stereocenters. The topological polar surface area (TPSA) is 212 Å². The Kier molecular flexibility index (Phi) is 9.87. The second-order valence-corrected chi connectivity index (χ2v) is 18.1. The number of carbonyl (C=O) groups excluding carboxylic acids is 5. The zero-order valence-corrected chi connectivity index (χ0v) is 36.1. The van der Waals surface area contributed by atoms with Crippen molar-refractivity contribution >= 4 is 30.0 Å². The molecule has 0 spiro atoms. The normalized spacial score (nSPS) is 37.5. The lowest BCUT2D eigenvalue weighted by Crippen LogP contribution is -2.80. The minimum absolute atomic E-state index is 0.0847. The van der Waals surface area contributed by atoms with E-state index in [0.717, 1.165) is 6.92 Å². The molecule has 5 aliphatic rings. The minimum atomic E-state index is -4.05. The first-order valence-electron chi connectivity index (χ1n) is 25.0. The van der Waals surface area contributed by atoms with Crippen LogP contribution in [0.2, 0.25) is 0 Å². The van der Waals surface area contributed by atoms with Gasteiger partial charge in [-0.3, -0.25) is 9.59 Å². The van der Waals surface area contributed by atoms with Crippen molar-refractivity contribution in [3.05, 3.63) is 59.7 Å². The summed E-state index contributed by atoms with van der Waals surface area (Å²) in [5, 5.41) is 26.8. The summed E-state index contributed by atoms with van der Waals surface area (Å²) in [5.74, 6) is -5.54. The van der Waals surface area contributed by atoms with E-state index in [1.165, 1.54) is 45.9 Å². The van der Waals surface area contributed by atoms with Gasteiger partial charge in [-0.1, -0.05) is 45.5 Å². The van der Waals surface area contributed by atoms with Gasteiger partial charge in [-0.2, -0.15) is 0 Å². The van der Waals surface area contributed by atoms with Crippen LogP contribution in [0.4, 0.5) is 4.79 Å². The highest BCUT2D eigenvalue weighted by Crippen LogP contribution is 2.70. The fourth-order valence-corrected chi connectivity index (χ4v) is 10.7. The summed E-state index contributed by atoms with van der Waals surface area (Å²) in [6, 6.07) is 6.15. The van der Waals surface area contributed by atoms with E-state index in [1.807, 2.05) is 0 Å². The van der Waals surface area contributed by atoms with E-state index >= 15 is 0 Å². The van der Waals surface area contributed by atoms with Crippen LogP contribution >= 0.6 is 0 Å². The molecule has 1 aromatic carbocycles. The zero-order chi connectivity index (χ0) is 53.4. The van der Waals surface area contributed by atoms with Crippen molar-refractivity contribution in [2.75, 3.05) is 6.61 Å². The van der Waals surface area contributed by atoms with Crippen molar-refractivity contribution in [2.45, 2.75) is 167 Å². The van der Waals surface area contributed by atoms with Crippen molar-refractivity contribution in [1.82, 2.24) is 5.32 Å². The maximum absolute atomic E-state index is 14.7. The van der Waals surface area contributed by atoms with Crippen molar-refractivity contribution in [2.24, 2.45) is 22.7 Å². The molecule has 62 heavy (non-hydrogen) atoms. The Balaban J connectivity index is 1.52. The molecule has 1 amide bonds. The molecule has 2 unspecified atom stereocenters. The summed E-state index contributed by atoms with van der Waals surface area (Å²) >= 11 is 0. The van der Waals surface area contributed by atoms with Gasteiger partial charge < -0.3 is 53.4 Å². The van der Waals surface area contributed by atoms with E-state index in [-0.39, 0.29) is 36.2 Å². The Morgan fingerprint density at radius 1 is 1.03 bits per heavy atom. The molecule has 16 heteroatoms. The SMILES string of the molecule is [2H]C([2H])([2H])C(OC(=O)N[C@@H](CC(C)C)[C@@H](O)C(=O)O[C@H]1C[C@]2(C(C)(C)O)C(=C1C)[C@H](OC(C)=O)C1O[C@@H](C=C)OC3C[C@H]4OC[C@@]4(OC(C)=O)[C@@H]([C@@H]2OC(=O)c2ccccc2)[C@@]31C)(C([2H])([2H])[2H])C([2H])([2H])[2H]. The van der Waals surface area contributed by atoms with Crippen molar-refractivity contribution in [3.63, 3.8) is 0 Å². The number of esters is 4. The fourth-order valence-electron chi connectivity index (χ4n) is 10.7. The van der Waals surface area contributed by atoms with E-state index in [9.17, 15) is 34.2 Å². The Bertz CT molecular complexity index is 2240. The first kappa shape index (κ1) is 36.0. The van der Waals surface area contributed by atoms with Crippen LogP contribution in [-0.2, 0) is 52.3 Å². The molecular formula is C46H63NO15. The molecule has 3 aliphatic carbocycles. The lowest BCUT2D eigenvalue weighted by atomic mass is 9.49.